The first-order chi connectivity index (χ1) is 11.2. The van der Waals surface area contributed by atoms with E-state index in [2.05, 4.69) is 0 Å². The van der Waals surface area contributed by atoms with Crippen LogP contribution in [0.5, 0.6) is 0 Å². The molecule has 0 saturated carbocycles. The van der Waals surface area contributed by atoms with Crippen LogP contribution in [-0.2, 0) is 4.79 Å². The Morgan fingerprint density at radius 1 is 1.22 bits per heavy atom. The van der Waals surface area contributed by atoms with Crippen LogP contribution in [0, 0.1) is 0 Å². The van der Waals surface area contributed by atoms with Gasteiger partial charge in [-0.2, -0.15) is 0 Å². The SMILES string of the molecule is O=C([C@@H](O)c1ccccc1)N1CCCC1CC(O)c1cccs1. The van der Waals surface area contributed by atoms with Gasteiger partial charge in [-0.25, -0.2) is 0 Å². The summed E-state index contributed by atoms with van der Waals surface area (Å²) in [6.45, 7) is 0.643. The van der Waals surface area contributed by atoms with E-state index in [0.29, 0.717) is 18.5 Å². The lowest BCUT2D eigenvalue weighted by atomic mass is 10.0. The smallest absolute Gasteiger partial charge is 0.256 e. The number of hydrogen-bond donors (Lipinski definition) is 2. The van der Waals surface area contributed by atoms with Crippen LogP contribution in [-0.4, -0.2) is 33.6 Å². The average molecular weight is 331 g/mol. The van der Waals surface area contributed by atoms with Crippen LogP contribution in [0.2, 0.25) is 0 Å². The van der Waals surface area contributed by atoms with Gasteiger partial charge in [-0.05, 0) is 36.3 Å². The van der Waals surface area contributed by atoms with Gasteiger partial charge in [0.2, 0.25) is 0 Å². The number of carbonyl (C=O) groups excluding carboxylic acids is 1. The number of thiophene rings is 1. The highest BCUT2D eigenvalue weighted by Gasteiger charge is 2.34. The average Bonchev–Trinajstić information content (AvgIpc) is 3.26. The maximum atomic E-state index is 12.6. The molecule has 2 N–H and O–H groups in total. The van der Waals surface area contributed by atoms with Crippen molar-refractivity contribution in [1.29, 1.82) is 0 Å². The van der Waals surface area contributed by atoms with Crippen molar-refractivity contribution in [2.75, 3.05) is 6.54 Å². The summed E-state index contributed by atoms with van der Waals surface area (Å²) in [5.74, 6) is -0.267. The van der Waals surface area contributed by atoms with E-state index >= 15 is 0 Å². The predicted octanol–water partition coefficient (Wildman–Crippen LogP) is 2.90. The maximum Gasteiger partial charge on any atom is 0.256 e. The van der Waals surface area contributed by atoms with Gasteiger partial charge >= 0.3 is 0 Å². The summed E-state index contributed by atoms with van der Waals surface area (Å²) < 4.78 is 0. The third-order valence-electron chi connectivity index (χ3n) is 4.38. The van der Waals surface area contributed by atoms with Gasteiger partial charge in [0.1, 0.15) is 0 Å². The van der Waals surface area contributed by atoms with Gasteiger partial charge in [0.15, 0.2) is 6.10 Å². The monoisotopic (exact) mass is 331 g/mol. The van der Waals surface area contributed by atoms with Crippen molar-refractivity contribution in [3.05, 3.63) is 58.3 Å². The van der Waals surface area contributed by atoms with Crippen LogP contribution >= 0.6 is 11.3 Å². The minimum Gasteiger partial charge on any atom is -0.387 e. The van der Waals surface area contributed by atoms with Crippen LogP contribution in [0.4, 0.5) is 0 Å². The van der Waals surface area contributed by atoms with E-state index in [9.17, 15) is 15.0 Å². The lowest BCUT2D eigenvalue weighted by Crippen LogP contribution is -2.39. The van der Waals surface area contributed by atoms with Gasteiger partial charge in [-0.1, -0.05) is 36.4 Å². The standard InChI is InChI=1S/C18H21NO3S/c20-15(16-9-5-11-23-16)12-14-8-4-10-19(14)18(22)17(21)13-6-2-1-3-7-13/h1-3,5-7,9,11,14-15,17,20-21H,4,8,10,12H2/t14?,15?,17-/m0/s1. The van der Waals surface area contributed by atoms with E-state index in [4.69, 9.17) is 0 Å². The molecule has 5 heteroatoms. The van der Waals surface area contributed by atoms with E-state index < -0.39 is 12.2 Å². The van der Waals surface area contributed by atoms with Crippen molar-refractivity contribution in [2.45, 2.75) is 37.5 Å². The second kappa shape index (κ2) is 7.25. The van der Waals surface area contributed by atoms with Gasteiger partial charge in [0, 0.05) is 17.5 Å². The summed E-state index contributed by atoms with van der Waals surface area (Å²) >= 11 is 1.52. The third-order valence-corrected chi connectivity index (χ3v) is 5.35. The molecule has 0 radical (unpaired) electrons. The van der Waals surface area contributed by atoms with Crippen molar-refractivity contribution in [3.8, 4) is 0 Å². The second-order valence-corrected chi connectivity index (χ2v) is 6.89. The molecule has 122 valence electrons. The molecule has 1 aliphatic rings. The van der Waals surface area contributed by atoms with Gasteiger partial charge in [0.25, 0.3) is 5.91 Å². The van der Waals surface area contributed by atoms with Crippen LogP contribution in [0.25, 0.3) is 0 Å². The molecule has 3 atom stereocenters. The normalized spacial score (nSPS) is 20.4. The summed E-state index contributed by atoms with van der Waals surface area (Å²) in [5, 5.41) is 22.6. The molecule has 0 aliphatic carbocycles. The van der Waals surface area contributed by atoms with Crippen LogP contribution in [0.1, 0.15) is 41.9 Å². The van der Waals surface area contributed by atoms with E-state index in [-0.39, 0.29) is 11.9 Å². The third kappa shape index (κ3) is 3.63. The molecular formula is C18H21NO3S. The van der Waals surface area contributed by atoms with E-state index in [0.717, 1.165) is 17.7 Å². The fourth-order valence-corrected chi connectivity index (χ4v) is 3.89. The Hall–Kier alpha value is -1.69. The lowest BCUT2D eigenvalue weighted by Gasteiger charge is -2.28. The number of aliphatic hydroxyl groups is 2. The predicted molar refractivity (Wildman–Crippen MR) is 90.0 cm³/mol. The zero-order chi connectivity index (χ0) is 16.2. The van der Waals surface area contributed by atoms with Gasteiger partial charge in [0.05, 0.1) is 6.10 Å². The molecule has 23 heavy (non-hydrogen) atoms. The van der Waals surface area contributed by atoms with Gasteiger partial charge < -0.3 is 15.1 Å². The second-order valence-electron chi connectivity index (χ2n) is 5.91. The summed E-state index contributed by atoms with van der Waals surface area (Å²) in [4.78, 5) is 15.3. The summed E-state index contributed by atoms with van der Waals surface area (Å²) in [6, 6.07) is 12.8. The highest BCUT2D eigenvalue weighted by molar-refractivity contribution is 7.10. The molecule has 1 fully saturated rings. The van der Waals surface area contributed by atoms with Crippen molar-refractivity contribution in [2.24, 2.45) is 0 Å². The minimum atomic E-state index is -1.13. The molecular weight excluding hydrogens is 310 g/mol. The fraction of sp³-hybridized carbons (Fsp3) is 0.389. The van der Waals surface area contributed by atoms with Crippen molar-refractivity contribution in [1.82, 2.24) is 4.90 Å². The highest BCUT2D eigenvalue weighted by atomic mass is 32.1. The number of nitrogens with zero attached hydrogens (tertiary/aromatic N) is 1. The first-order valence-electron chi connectivity index (χ1n) is 7.92. The van der Waals surface area contributed by atoms with Crippen LogP contribution in [0.3, 0.4) is 0 Å². The number of aliphatic hydroxyl groups excluding tert-OH is 2. The fourth-order valence-electron chi connectivity index (χ4n) is 3.16. The summed E-state index contributed by atoms with van der Waals surface area (Å²) in [7, 11) is 0. The van der Waals surface area contributed by atoms with Crippen LogP contribution < -0.4 is 0 Å². The number of hydrogen-bond acceptors (Lipinski definition) is 4. The number of benzene rings is 1. The van der Waals surface area contributed by atoms with E-state index in [1.807, 2.05) is 35.7 Å². The molecule has 0 spiro atoms. The molecule has 4 nitrogen and oxygen atoms in total. The Kier molecular flexibility index (Phi) is 5.10. The number of rotatable bonds is 5. The zero-order valence-corrected chi connectivity index (χ0v) is 13.7. The lowest BCUT2D eigenvalue weighted by molar-refractivity contribution is -0.141. The van der Waals surface area contributed by atoms with Gasteiger partial charge in [-0.15, -0.1) is 11.3 Å². The summed E-state index contributed by atoms with van der Waals surface area (Å²) in [5.41, 5.74) is 0.613. The summed E-state index contributed by atoms with van der Waals surface area (Å²) in [6.07, 6.45) is 0.622. The number of amides is 1. The van der Waals surface area contributed by atoms with Crippen molar-refractivity contribution < 1.29 is 15.0 Å². The Morgan fingerprint density at radius 2 is 2.00 bits per heavy atom. The molecule has 1 aromatic carbocycles. The number of likely N-dealkylation sites (tertiary alicyclic amines) is 1. The molecule has 1 aromatic heterocycles. The molecule has 1 amide bonds. The molecule has 2 aromatic rings. The maximum absolute atomic E-state index is 12.6. The largest absolute Gasteiger partial charge is 0.387 e. The number of carbonyl (C=O) groups is 1. The van der Waals surface area contributed by atoms with E-state index in [1.54, 1.807) is 17.0 Å². The van der Waals surface area contributed by atoms with E-state index in [1.165, 1.54) is 11.3 Å². The Bertz CT molecular complexity index is 629. The Labute approximate surface area is 140 Å². The topological polar surface area (TPSA) is 60.8 Å². The Morgan fingerprint density at radius 3 is 2.70 bits per heavy atom. The molecule has 2 heterocycles. The zero-order valence-electron chi connectivity index (χ0n) is 12.8. The van der Waals surface area contributed by atoms with Crippen molar-refractivity contribution >= 4 is 17.2 Å². The molecule has 2 unspecified atom stereocenters. The quantitative estimate of drug-likeness (QED) is 0.885. The molecule has 1 aliphatic heterocycles. The van der Waals surface area contributed by atoms with Crippen molar-refractivity contribution in [3.63, 3.8) is 0 Å². The molecule has 3 rings (SSSR count). The molecule has 0 bridgehead atoms. The van der Waals surface area contributed by atoms with Gasteiger partial charge in [-0.3, -0.25) is 4.79 Å². The Balaban J connectivity index is 1.67. The minimum absolute atomic E-state index is 0.0158. The highest BCUT2D eigenvalue weighted by Crippen LogP contribution is 2.31. The first-order valence-corrected chi connectivity index (χ1v) is 8.79. The first kappa shape index (κ1) is 16.2. The van der Waals surface area contributed by atoms with Crippen LogP contribution in [0.15, 0.2) is 47.8 Å². The molecule has 1 saturated heterocycles.